The lowest BCUT2D eigenvalue weighted by molar-refractivity contribution is -0.384. The van der Waals surface area contributed by atoms with Crippen molar-refractivity contribution in [3.63, 3.8) is 0 Å². The lowest BCUT2D eigenvalue weighted by Crippen LogP contribution is -2.21. The molecule has 0 aliphatic rings. The molecule has 0 atom stereocenters. The molecule has 8 nitrogen and oxygen atoms in total. The first-order chi connectivity index (χ1) is 10.0. The van der Waals surface area contributed by atoms with Gasteiger partial charge in [0.2, 0.25) is 10.9 Å². The first kappa shape index (κ1) is 14.7. The molecule has 0 saturated carbocycles. The van der Waals surface area contributed by atoms with E-state index in [0.29, 0.717) is 10.6 Å². The molecule has 108 valence electrons. The number of carbonyl (C=O) groups excluding carboxylic acids is 2. The van der Waals surface area contributed by atoms with E-state index in [0.717, 1.165) is 11.3 Å². The predicted octanol–water partition coefficient (Wildman–Crippen LogP) is 2.03. The van der Waals surface area contributed by atoms with E-state index in [9.17, 15) is 19.7 Å². The largest absolute Gasteiger partial charge is 0.294 e. The summed E-state index contributed by atoms with van der Waals surface area (Å²) in [5.74, 6) is -1.27. The van der Waals surface area contributed by atoms with Crippen molar-refractivity contribution in [2.24, 2.45) is 0 Å². The highest BCUT2D eigenvalue weighted by Gasteiger charge is 2.15. The number of aromatic nitrogens is 2. The molecule has 9 heteroatoms. The topological polar surface area (TPSA) is 115 Å². The molecule has 0 bridgehead atoms. The van der Waals surface area contributed by atoms with Crippen LogP contribution in [-0.2, 0) is 9.59 Å². The van der Waals surface area contributed by atoms with Crippen molar-refractivity contribution in [1.82, 2.24) is 10.2 Å². The first-order valence-corrected chi connectivity index (χ1v) is 6.75. The van der Waals surface area contributed by atoms with Gasteiger partial charge in [-0.15, -0.1) is 10.2 Å². The maximum atomic E-state index is 11.4. The average molecular weight is 306 g/mol. The lowest BCUT2D eigenvalue weighted by atomic mass is 10.2. The summed E-state index contributed by atoms with van der Waals surface area (Å²) >= 11 is 1.08. The lowest BCUT2D eigenvalue weighted by Gasteiger charge is -1.96. The van der Waals surface area contributed by atoms with Crippen molar-refractivity contribution in [3.05, 3.63) is 34.4 Å². The number of anilines is 1. The number of hydrogen-bond acceptors (Lipinski definition) is 7. The van der Waals surface area contributed by atoms with Crippen molar-refractivity contribution < 1.29 is 14.5 Å². The van der Waals surface area contributed by atoms with E-state index in [1.165, 1.54) is 12.1 Å². The van der Waals surface area contributed by atoms with Crippen molar-refractivity contribution in [2.75, 3.05) is 5.32 Å². The number of nitro groups is 1. The molecular formula is C12H10N4O4S. The Kier molecular flexibility index (Phi) is 4.33. The van der Waals surface area contributed by atoms with Crippen molar-refractivity contribution in [3.8, 4) is 10.6 Å². The van der Waals surface area contributed by atoms with Gasteiger partial charge < -0.3 is 0 Å². The molecule has 0 spiro atoms. The zero-order chi connectivity index (χ0) is 15.4. The van der Waals surface area contributed by atoms with E-state index in [1.807, 2.05) is 0 Å². The van der Waals surface area contributed by atoms with E-state index in [2.05, 4.69) is 15.5 Å². The van der Waals surface area contributed by atoms with Crippen LogP contribution in [0, 0.1) is 10.1 Å². The second-order valence-corrected chi connectivity index (χ2v) is 4.92. The standard InChI is InChI=1S/C12H10N4O4S/c1-2-9(17)10(18)13-12-15-14-11(21-12)7-3-5-8(6-4-7)16(19)20/h3-6H,2H2,1H3,(H,13,15,18). The summed E-state index contributed by atoms with van der Waals surface area (Å²) in [5, 5.41) is 21.3. The zero-order valence-electron chi connectivity index (χ0n) is 10.9. The van der Waals surface area contributed by atoms with Crippen molar-refractivity contribution in [1.29, 1.82) is 0 Å². The fourth-order valence-electron chi connectivity index (χ4n) is 1.44. The molecule has 0 saturated heterocycles. The summed E-state index contributed by atoms with van der Waals surface area (Å²) in [6.45, 7) is 1.59. The monoisotopic (exact) mass is 306 g/mol. The maximum absolute atomic E-state index is 11.4. The highest BCUT2D eigenvalue weighted by molar-refractivity contribution is 7.18. The van der Waals surface area contributed by atoms with E-state index >= 15 is 0 Å². The third-order valence-electron chi connectivity index (χ3n) is 2.54. The Bertz CT molecular complexity index is 696. The molecule has 1 aromatic carbocycles. The van der Waals surface area contributed by atoms with Crippen LogP contribution in [0.5, 0.6) is 0 Å². The Labute approximate surface area is 123 Å². The predicted molar refractivity (Wildman–Crippen MR) is 75.9 cm³/mol. The van der Waals surface area contributed by atoms with Gasteiger partial charge in [-0.2, -0.15) is 0 Å². The van der Waals surface area contributed by atoms with Crippen LogP contribution in [0.1, 0.15) is 13.3 Å². The molecule has 0 radical (unpaired) electrons. The van der Waals surface area contributed by atoms with Gasteiger partial charge in [-0.3, -0.25) is 25.0 Å². The van der Waals surface area contributed by atoms with Crippen LogP contribution in [0.15, 0.2) is 24.3 Å². The van der Waals surface area contributed by atoms with E-state index in [1.54, 1.807) is 19.1 Å². The molecule has 2 rings (SSSR count). The minimum absolute atomic E-state index is 0.0228. The number of nitro benzene ring substituents is 1. The van der Waals surface area contributed by atoms with Crippen molar-refractivity contribution >= 4 is 33.8 Å². The van der Waals surface area contributed by atoms with Gasteiger partial charge in [0.25, 0.3) is 11.6 Å². The second-order valence-electron chi connectivity index (χ2n) is 3.95. The number of rotatable bonds is 5. The SMILES string of the molecule is CCC(=O)C(=O)Nc1nnc(-c2ccc([N+](=O)[O-])cc2)s1. The van der Waals surface area contributed by atoms with Crippen LogP contribution in [0.3, 0.4) is 0 Å². The average Bonchev–Trinajstić information content (AvgIpc) is 2.94. The molecule has 1 heterocycles. The molecular weight excluding hydrogens is 296 g/mol. The van der Waals surface area contributed by atoms with Gasteiger partial charge >= 0.3 is 0 Å². The Balaban J connectivity index is 2.14. The van der Waals surface area contributed by atoms with Crippen LogP contribution in [0.4, 0.5) is 10.8 Å². The van der Waals surface area contributed by atoms with E-state index in [-0.39, 0.29) is 17.2 Å². The summed E-state index contributed by atoms with van der Waals surface area (Å²) in [5.41, 5.74) is 0.616. The van der Waals surface area contributed by atoms with Gasteiger partial charge in [-0.05, 0) is 12.1 Å². The van der Waals surface area contributed by atoms with Gasteiger partial charge in [0.1, 0.15) is 5.01 Å². The molecule has 0 aliphatic heterocycles. The quantitative estimate of drug-likeness (QED) is 0.513. The number of non-ortho nitro benzene ring substituents is 1. The fraction of sp³-hybridized carbons (Fsp3) is 0.167. The number of nitrogens with one attached hydrogen (secondary N) is 1. The number of amides is 1. The number of nitrogens with zero attached hydrogens (tertiary/aromatic N) is 3. The Morgan fingerprint density at radius 2 is 1.95 bits per heavy atom. The summed E-state index contributed by atoms with van der Waals surface area (Å²) in [6, 6.07) is 5.80. The summed E-state index contributed by atoms with van der Waals surface area (Å²) < 4.78 is 0. The number of hydrogen-bond donors (Lipinski definition) is 1. The third-order valence-corrected chi connectivity index (χ3v) is 3.43. The third kappa shape index (κ3) is 3.45. The molecule has 1 aromatic heterocycles. The maximum Gasteiger partial charge on any atom is 0.293 e. The highest BCUT2D eigenvalue weighted by atomic mass is 32.1. The number of ketones is 1. The Morgan fingerprint density at radius 1 is 1.29 bits per heavy atom. The van der Waals surface area contributed by atoms with Crippen LogP contribution < -0.4 is 5.32 Å². The smallest absolute Gasteiger partial charge is 0.293 e. The molecule has 1 amide bonds. The molecule has 2 aromatic rings. The van der Waals surface area contributed by atoms with Crippen LogP contribution >= 0.6 is 11.3 Å². The van der Waals surface area contributed by atoms with Gasteiger partial charge in [0.15, 0.2) is 0 Å². The molecule has 0 aliphatic carbocycles. The number of carbonyl (C=O) groups is 2. The normalized spacial score (nSPS) is 10.1. The zero-order valence-corrected chi connectivity index (χ0v) is 11.7. The summed E-state index contributed by atoms with van der Waals surface area (Å²) in [7, 11) is 0. The number of benzene rings is 1. The minimum atomic E-state index is -0.733. The highest BCUT2D eigenvalue weighted by Crippen LogP contribution is 2.27. The molecule has 1 N–H and O–H groups in total. The van der Waals surface area contributed by atoms with Gasteiger partial charge in [-0.25, -0.2) is 0 Å². The van der Waals surface area contributed by atoms with Crippen LogP contribution in [0.2, 0.25) is 0 Å². The van der Waals surface area contributed by atoms with Crippen LogP contribution in [0.25, 0.3) is 10.6 Å². The van der Waals surface area contributed by atoms with Crippen molar-refractivity contribution in [2.45, 2.75) is 13.3 Å². The van der Waals surface area contributed by atoms with E-state index in [4.69, 9.17) is 0 Å². The summed E-state index contributed by atoms with van der Waals surface area (Å²) in [6.07, 6.45) is 0.111. The Morgan fingerprint density at radius 3 is 2.52 bits per heavy atom. The number of Topliss-reactive ketones (excluding diaryl/α,β-unsaturated/α-hetero) is 1. The van der Waals surface area contributed by atoms with Gasteiger partial charge in [0.05, 0.1) is 4.92 Å². The molecule has 0 unspecified atom stereocenters. The van der Waals surface area contributed by atoms with Crippen LogP contribution in [-0.4, -0.2) is 26.8 Å². The summed E-state index contributed by atoms with van der Waals surface area (Å²) in [4.78, 5) is 32.7. The minimum Gasteiger partial charge on any atom is -0.294 e. The van der Waals surface area contributed by atoms with Gasteiger partial charge in [-0.1, -0.05) is 18.3 Å². The molecule has 0 fully saturated rings. The van der Waals surface area contributed by atoms with Gasteiger partial charge in [0, 0.05) is 24.1 Å². The second kappa shape index (κ2) is 6.18. The fourth-order valence-corrected chi connectivity index (χ4v) is 2.19. The van der Waals surface area contributed by atoms with E-state index < -0.39 is 16.6 Å². The first-order valence-electron chi connectivity index (χ1n) is 5.93. The Hall–Kier alpha value is -2.68. The molecule has 21 heavy (non-hydrogen) atoms.